The number of piperidine rings is 1. The summed E-state index contributed by atoms with van der Waals surface area (Å²) in [5.74, 6) is 0.307. The number of rotatable bonds is 5. The van der Waals surface area contributed by atoms with E-state index in [1.807, 2.05) is 11.6 Å². The fraction of sp³-hybridized carbons (Fsp3) is 0.333. The average molecular weight is 473 g/mol. The molecule has 0 radical (unpaired) electrons. The third-order valence-electron chi connectivity index (χ3n) is 6.84. The second-order valence-electron chi connectivity index (χ2n) is 9.24. The van der Waals surface area contributed by atoms with Crippen molar-refractivity contribution in [3.8, 4) is 5.69 Å². The Balaban J connectivity index is 1.32. The van der Waals surface area contributed by atoms with Crippen LogP contribution in [0.5, 0.6) is 0 Å². The van der Waals surface area contributed by atoms with Crippen LogP contribution in [0.2, 0.25) is 0 Å². The van der Waals surface area contributed by atoms with Gasteiger partial charge in [0.15, 0.2) is 5.82 Å². The number of anilines is 1. The van der Waals surface area contributed by atoms with Crippen LogP contribution in [0.3, 0.4) is 0 Å². The molecule has 0 aliphatic carbocycles. The fourth-order valence-corrected chi connectivity index (χ4v) is 4.78. The molecule has 1 aliphatic rings. The van der Waals surface area contributed by atoms with Crippen LogP contribution in [-0.4, -0.2) is 39.0 Å². The van der Waals surface area contributed by atoms with E-state index in [1.54, 1.807) is 18.2 Å². The van der Waals surface area contributed by atoms with Crippen molar-refractivity contribution in [2.45, 2.75) is 40.2 Å². The molecule has 0 bridgehead atoms. The molecule has 1 fully saturated rings. The van der Waals surface area contributed by atoms with Gasteiger partial charge in [-0.15, -0.1) is 5.10 Å². The number of nitrogens with one attached hydrogen (secondary N) is 1. The van der Waals surface area contributed by atoms with Crippen molar-refractivity contribution in [3.63, 3.8) is 0 Å². The minimum atomic E-state index is -0.301. The van der Waals surface area contributed by atoms with E-state index in [0.717, 1.165) is 33.8 Å². The number of benzene rings is 2. The Hall–Kier alpha value is -3.81. The first-order valence-corrected chi connectivity index (χ1v) is 12.0. The molecule has 5 rings (SSSR count). The lowest BCUT2D eigenvalue weighted by molar-refractivity contribution is -0.125. The Morgan fingerprint density at radius 1 is 1.03 bits per heavy atom. The van der Waals surface area contributed by atoms with E-state index < -0.39 is 0 Å². The van der Waals surface area contributed by atoms with Gasteiger partial charge in [0.05, 0.1) is 22.5 Å². The third kappa shape index (κ3) is 4.48. The summed E-state index contributed by atoms with van der Waals surface area (Å²) >= 11 is 0. The molecule has 7 nitrogen and oxygen atoms in total. The molecule has 2 aromatic heterocycles. The van der Waals surface area contributed by atoms with Gasteiger partial charge in [-0.1, -0.05) is 35.9 Å². The van der Waals surface area contributed by atoms with Crippen molar-refractivity contribution >= 4 is 22.6 Å². The normalized spacial score (nSPS) is 14.5. The van der Waals surface area contributed by atoms with E-state index in [9.17, 15) is 9.18 Å². The Labute approximate surface area is 204 Å². The minimum absolute atomic E-state index is 0.0347. The van der Waals surface area contributed by atoms with Crippen LogP contribution in [0.4, 0.5) is 10.2 Å². The van der Waals surface area contributed by atoms with Crippen molar-refractivity contribution in [1.82, 2.24) is 25.3 Å². The summed E-state index contributed by atoms with van der Waals surface area (Å²) in [4.78, 5) is 14.9. The number of aromatic nitrogens is 4. The van der Waals surface area contributed by atoms with Crippen LogP contribution in [0.15, 0.2) is 48.5 Å². The largest absolute Gasteiger partial charge is 0.353 e. The first kappa shape index (κ1) is 23.0. The van der Waals surface area contributed by atoms with E-state index in [0.29, 0.717) is 31.5 Å². The number of halogens is 1. The third-order valence-corrected chi connectivity index (χ3v) is 6.84. The lowest BCUT2D eigenvalue weighted by Crippen LogP contribution is -2.41. The molecule has 180 valence electrons. The lowest BCUT2D eigenvalue weighted by atomic mass is 9.95. The maximum Gasteiger partial charge on any atom is 0.223 e. The number of amides is 1. The maximum atomic E-state index is 13.9. The molecule has 0 saturated carbocycles. The molecule has 35 heavy (non-hydrogen) atoms. The molecule has 3 heterocycles. The van der Waals surface area contributed by atoms with Gasteiger partial charge in [0, 0.05) is 31.1 Å². The van der Waals surface area contributed by atoms with Crippen molar-refractivity contribution in [2.24, 2.45) is 5.92 Å². The molecular formula is C27H29FN6O. The molecular weight excluding hydrogens is 443 g/mol. The molecule has 2 aromatic carbocycles. The quantitative estimate of drug-likeness (QED) is 0.466. The SMILES string of the molecule is Cc1ccc(-n2nc3c(N4CCC(C(=O)NCc5ccccc5F)CC4)nnc(C)c3c2C)cc1. The zero-order valence-corrected chi connectivity index (χ0v) is 20.3. The summed E-state index contributed by atoms with van der Waals surface area (Å²) in [7, 11) is 0. The van der Waals surface area contributed by atoms with Gasteiger partial charge in [-0.25, -0.2) is 9.07 Å². The monoisotopic (exact) mass is 472 g/mol. The minimum Gasteiger partial charge on any atom is -0.353 e. The summed E-state index contributed by atoms with van der Waals surface area (Å²) in [5, 5.41) is 17.8. The Kier molecular flexibility index (Phi) is 6.19. The first-order valence-electron chi connectivity index (χ1n) is 12.0. The van der Waals surface area contributed by atoms with Crippen molar-refractivity contribution in [2.75, 3.05) is 18.0 Å². The number of hydrogen-bond acceptors (Lipinski definition) is 5. The molecule has 4 aromatic rings. The lowest BCUT2D eigenvalue weighted by Gasteiger charge is -2.32. The summed E-state index contributed by atoms with van der Waals surface area (Å²) in [6, 6.07) is 14.8. The summed E-state index contributed by atoms with van der Waals surface area (Å²) in [6.07, 6.45) is 1.38. The predicted molar refractivity (Wildman–Crippen MR) is 134 cm³/mol. The molecule has 0 atom stereocenters. The number of nitrogens with zero attached hydrogens (tertiary/aromatic N) is 5. The second-order valence-corrected chi connectivity index (χ2v) is 9.24. The predicted octanol–water partition coefficient (Wildman–Crippen LogP) is 4.41. The van der Waals surface area contributed by atoms with Crippen LogP contribution in [0, 0.1) is 32.5 Å². The standard InChI is InChI=1S/C27H29FN6O/c1-17-8-10-22(11-9-17)34-19(3)24-18(2)30-31-26(25(24)32-34)33-14-12-20(13-15-33)27(35)29-16-21-6-4-5-7-23(21)28/h4-11,20H,12-16H2,1-3H3,(H,29,35). The summed E-state index contributed by atoms with van der Waals surface area (Å²) < 4.78 is 15.8. The Bertz CT molecular complexity index is 1370. The van der Waals surface area contributed by atoms with Gasteiger partial charge in [0.25, 0.3) is 0 Å². The van der Waals surface area contributed by atoms with E-state index in [2.05, 4.69) is 58.5 Å². The van der Waals surface area contributed by atoms with Crippen LogP contribution < -0.4 is 10.2 Å². The van der Waals surface area contributed by atoms with Gasteiger partial charge in [0.1, 0.15) is 11.3 Å². The Morgan fingerprint density at radius 3 is 2.46 bits per heavy atom. The van der Waals surface area contributed by atoms with E-state index >= 15 is 0 Å². The van der Waals surface area contributed by atoms with Crippen LogP contribution in [0.25, 0.3) is 16.6 Å². The highest BCUT2D eigenvalue weighted by Crippen LogP contribution is 2.31. The highest BCUT2D eigenvalue weighted by atomic mass is 19.1. The maximum absolute atomic E-state index is 13.9. The number of carbonyl (C=O) groups excluding carboxylic acids is 1. The highest BCUT2D eigenvalue weighted by Gasteiger charge is 2.28. The van der Waals surface area contributed by atoms with E-state index in [1.165, 1.54) is 11.6 Å². The second kappa shape index (κ2) is 9.44. The van der Waals surface area contributed by atoms with Crippen LogP contribution in [-0.2, 0) is 11.3 Å². The van der Waals surface area contributed by atoms with Gasteiger partial charge in [-0.2, -0.15) is 10.2 Å². The van der Waals surface area contributed by atoms with Gasteiger partial charge < -0.3 is 10.2 Å². The van der Waals surface area contributed by atoms with Gasteiger partial charge in [-0.05, 0) is 51.8 Å². The Morgan fingerprint density at radius 2 is 1.74 bits per heavy atom. The highest BCUT2D eigenvalue weighted by molar-refractivity contribution is 5.92. The van der Waals surface area contributed by atoms with Crippen molar-refractivity contribution < 1.29 is 9.18 Å². The molecule has 1 N–H and O–H groups in total. The van der Waals surface area contributed by atoms with Gasteiger partial charge in [-0.3, -0.25) is 4.79 Å². The molecule has 1 amide bonds. The van der Waals surface area contributed by atoms with E-state index in [-0.39, 0.29) is 24.2 Å². The summed E-state index contributed by atoms with van der Waals surface area (Å²) in [6.45, 7) is 7.64. The van der Waals surface area contributed by atoms with Crippen molar-refractivity contribution in [3.05, 3.63) is 76.9 Å². The average Bonchev–Trinajstić information content (AvgIpc) is 3.22. The number of carbonyl (C=O) groups is 1. The summed E-state index contributed by atoms with van der Waals surface area (Å²) in [5.41, 5.74) is 5.40. The van der Waals surface area contributed by atoms with E-state index in [4.69, 9.17) is 5.10 Å². The molecule has 0 unspecified atom stereocenters. The topological polar surface area (TPSA) is 75.9 Å². The van der Waals surface area contributed by atoms with Crippen molar-refractivity contribution in [1.29, 1.82) is 0 Å². The van der Waals surface area contributed by atoms with Crippen LogP contribution >= 0.6 is 0 Å². The van der Waals surface area contributed by atoms with Crippen LogP contribution in [0.1, 0.15) is 35.4 Å². The molecule has 1 saturated heterocycles. The zero-order chi connectivity index (χ0) is 24.5. The molecule has 1 aliphatic heterocycles. The molecule has 0 spiro atoms. The van der Waals surface area contributed by atoms with Gasteiger partial charge in [0.2, 0.25) is 5.91 Å². The number of fused-ring (bicyclic) bond motifs is 1. The number of aryl methyl sites for hydroxylation is 3. The molecule has 8 heteroatoms. The first-order chi connectivity index (χ1) is 16.9. The smallest absolute Gasteiger partial charge is 0.223 e. The zero-order valence-electron chi connectivity index (χ0n) is 20.3. The fourth-order valence-electron chi connectivity index (χ4n) is 4.78. The van der Waals surface area contributed by atoms with Gasteiger partial charge >= 0.3 is 0 Å². The number of hydrogen-bond donors (Lipinski definition) is 1.